The molecule has 7 heteroatoms. The molecule has 0 aliphatic heterocycles. The second-order valence-corrected chi connectivity index (χ2v) is 7.10. The van der Waals surface area contributed by atoms with Crippen molar-refractivity contribution in [3.63, 3.8) is 0 Å². The minimum Gasteiger partial charge on any atom is -0.496 e. The molecular formula is C24H18Cl2O5. The average molecular weight is 457 g/mol. The molecule has 0 saturated heterocycles. The number of methoxy groups -OCH3 is 2. The summed E-state index contributed by atoms with van der Waals surface area (Å²) in [6, 6.07) is 16.3. The Kier molecular flexibility index (Phi) is 7.34. The Hall–Kier alpha value is -3.28. The van der Waals surface area contributed by atoms with E-state index in [0.717, 1.165) is 0 Å². The van der Waals surface area contributed by atoms with E-state index < -0.39 is 5.97 Å². The van der Waals surface area contributed by atoms with Gasteiger partial charge in [-0.2, -0.15) is 0 Å². The Bertz CT molecular complexity index is 1090. The zero-order valence-corrected chi connectivity index (χ0v) is 18.2. The molecule has 0 atom stereocenters. The van der Waals surface area contributed by atoms with Gasteiger partial charge in [0.2, 0.25) is 0 Å². The highest BCUT2D eigenvalue weighted by Crippen LogP contribution is 2.30. The van der Waals surface area contributed by atoms with E-state index in [1.165, 1.54) is 32.4 Å². The van der Waals surface area contributed by atoms with Gasteiger partial charge in [0.15, 0.2) is 5.78 Å². The van der Waals surface area contributed by atoms with Gasteiger partial charge in [-0.1, -0.05) is 35.3 Å². The molecular weight excluding hydrogens is 439 g/mol. The molecule has 0 N–H and O–H groups in total. The predicted octanol–water partition coefficient (Wildman–Crippen LogP) is 6.13. The van der Waals surface area contributed by atoms with Crippen LogP contribution in [-0.2, 0) is 0 Å². The summed E-state index contributed by atoms with van der Waals surface area (Å²) in [6.45, 7) is 0. The molecule has 0 amide bonds. The van der Waals surface area contributed by atoms with E-state index in [-0.39, 0.29) is 17.1 Å². The molecule has 0 spiro atoms. The number of hydrogen-bond acceptors (Lipinski definition) is 5. The Morgan fingerprint density at radius 3 is 1.90 bits per heavy atom. The number of ether oxygens (including phenoxy) is 3. The van der Waals surface area contributed by atoms with E-state index in [1.54, 1.807) is 54.6 Å². The minimum absolute atomic E-state index is 0.173. The van der Waals surface area contributed by atoms with Crippen molar-refractivity contribution in [3.8, 4) is 17.2 Å². The van der Waals surface area contributed by atoms with Gasteiger partial charge in [0.05, 0.1) is 14.2 Å². The first-order chi connectivity index (χ1) is 14.9. The Morgan fingerprint density at radius 1 is 0.806 bits per heavy atom. The molecule has 0 saturated carbocycles. The van der Waals surface area contributed by atoms with Crippen molar-refractivity contribution in [2.24, 2.45) is 0 Å². The first kappa shape index (κ1) is 22.4. The predicted molar refractivity (Wildman–Crippen MR) is 121 cm³/mol. The minimum atomic E-state index is -0.637. The highest BCUT2D eigenvalue weighted by Gasteiger charge is 2.20. The van der Waals surface area contributed by atoms with Crippen molar-refractivity contribution in [1.29, 1.82) is 0 Å². The molecule has 3 aromatic rings. The second kappa shape index (κ2) is 10.2. The highest BCUT2D eigenvalue weighted by molar-refractivity contribution is 6.37. The van der Waals surface area contributed by atoms with Crippen LogP contribution in [0.4, 0.5) is 0 Å². The van der Waals surface area contributed by atoms with Crippen molar-refractivity contribution in [3.05, 3.63) is 93.5 Å². The van der Waals surface area contributed by atoms with E-state index in [9.17, 15) is 9.59 Å². The van der Waals surface area contributed by atoms with Crippen LogP contribution < -0.4 is 14.2 Å². The Morgan fingerprint density at radius 2 is 1.35 bits per heavy atom. The van der Waals surface area contributed by atoms with Crippen LogP contribution in [0.1, 0.15) is 26.3 Å². The first-order valence-electron chi connectivity index (χ1n) is 9.14. The van der Waals surface area contributed by atoms with Gasteiger partial charge in [0.1, 0.15) is 22.8 Å². The number of allylic oxidation sites excluding steroid dienone is 1. The maximum Gasteiger partial charge on any atom is 0.351 e. The van der Waals surface area contributed by atoms with Crippen molar-refractivity contribution < 1.29 is 23.8 Å². The summed E-state index contributed by atoms with van der Waals surface area (Å²) >= 11 is 12.2. The molecule has 5 nitrogen and oxygen atoms in total. The highest BCUT2D eigenvalue weighted by atomic mass is 35.5. The smallest absolute Gasteiger partial charge is 0.351 e. The third-order valence-electron chi connectivity index (χ3n) is 4.38. The summed E-state index contributed by atoms with van der Waals surface area (Å²) in [5.74, 6) is 0.0496. The molecule has 0 heterocycles. The number of hydrogen-bond donors (Lipinski definition) is 0. The molecule has 3 rings (SSSR count). The van der Waals surface area contributed by atoms with Gasteiger partial charge < -0.3 is 14.2 Å². The number of carbonyl (C=O) groups is 2. The van der Waals surface area contributed by atoms with Crippen molar-refractivity contribution in [1.82, 2.24) is 0 Å². The molecule has 158 valence electrons. The Labute approximate surface area is 189 Å². The number of ketones is 1. The summed E-state index contributed by atoms with van der Waals surface area (Å²) < 4.78 is 15.9. The lowest BCUT2D eigenvalue weighted by Crippen LogP contribution is -2.12. The lowest BCUT2D eigenvalue weighted by Gasteiger charge is -2.12. The van der Waals surface area contributed by atoms with Gasteiger partial charge in [-0.15, -0.1) is 0 Å². The molecule has 0 bridgehead atoms. The van der Waals surface area contributed by atoms with Gasteiger partial charge in [-0.05, 0) is 60.7 Å². The summed E-state index contributed by atoms with van der Waals surface area (Å²) in [5.41, 5.74) is 1.15. The standard InChI is InChI=1S/C24H18Cl2O5/c1-29-21-7-4-8-22(30-2)23(21)24(28)31-16-11-9-15(10-12-16)20(27)14-13-17-18(25)5-3-6-19(17)26/h3-14H,1-2H3/b14-13+. The van der Waals surface area contributed by atoms with Gasteiger partial charge in [0, 0.05) is 21.2 Å². The summed E-state index contributed by atoms with van der Waals surface area (Å²) in [6.07, 6.45) is 2.95. The second-order valence-electron chi connectivity index (χ2n) is 6.28. The number of rotatable bonds is 7. The van der Waals surface area contributed by atoms with Crippen molar-refractivity contribution in [2.45, 2.75) is 0 Å². The largest absolute Gasteiger partial charge is 0.496 e. The topological polar surface area (TPSA) is 61.8 Å². The zero-order chi connectivity index (χ0) is 22.4. The Balaban J connectivity index is 1.74. The lowest BCUT2D eigenvalue weighted by atomic mass is 10.1. The van der Waals surface area contributed by atoms with E-state index in [1.807, 2.05) is 0 Å². The molecule has 0 fully saturated rings. The molecule has 31 heavy (non-hydrogen) atoms. The molecule has 0 radical (unpaired) electrons. The molecule has 0 unspecified atom stereocenters. The third kappa shape index (κ3) is 5.26. The van der Waals surface area contributed by atoms with E-state index in [2.05, 4.69) is 0 Å². The van der Waals surface area contributed by atoms with Crippen LogP contribution >= 0.6 is 23.2 Å². The van der Waals surface area contributed by atoms with Crippen molar-refractivity contribution in [2.75, 3.05) is 14.2 Å². The summed E-state index contributed by atoms with van der Waals surface area (Å²) in [4.78, 5) is 25.1. The average Bonchev–Trinajstić information content (AvgIpc) is 2.78. The molecule has 0 aliphatic rings. The van der Waals surface area contributed by atoms with Crippen LogP contribution in [0.3, 0.4) is 0 Å². The van der Waals surface area contributed by atoms with Crippen LogP contribution in [0, 0.1) is 0 Å². The molecule has 0 aromatic heterocycles. The van der Waals surface area contributed by atoms with Crippen LogP contribution in [-0.4, -0.2) is 26.0 Å². The summed E-state index contributed by atoms with van der Waals surface area (Å²) in [5, 5.41) is 0.899. The number of halogens is 2. The monoisotopic (exact) mass is 456 g/mol. The van der Waals surface area contributed by atoms with Gasteiger partial charge in [-0.25, -0.2) is 4.79 Å². The fraction of sp³-hybridized carbons (Fsp3) is 0.0833. The normalized spacial score (nSPS) is 10.7. The van der Waals surface area contributed by atoms with Gasteiger partial charge in [0.25, 0.3) is 0 Å². The van der Waals surface area contributed by atoms with Gasteiger partial charge in [-0.3, -0.25) is 4.79 Å². The fourth-order valence-electron chi connectivity index (χ4n) is 2.82. The summed E-state index contributed by atoms with van der Waals surface area (Å²) in [7, 11) is 2.91. The van der Waals surface area contributed by atoms with Gasteiger partial charge >= 0.3 is 5.97 Å². The molecule has 0 aliphatic carbocycles. The zero-order valence-electron chi connectivity index (χ0n) is 16.7. The van der Waals surface area contributed by atoms with Crippen LogP contribution in [0.2, 0.25) is 10.0 Å². The fourth-order valence-corrected chi connectivity index (χ4v) is 3.35. The third-order valence-corrected chi connectivity index (χ3v) is 5.04. The van der Waals surface area contributed by atoms with Crippen LogP contribution in [0.15, 0.2) is 66.7 Å². The lowest BCUT2D eigenvalue weighted by molar-refractivity contribution is 0.0727. The number of carbonyl (C=O) groups excluding carboxylic acids is 2. The maximum absolute atomic E-state index is 12.6. The van der Waals surface area contributed by atoms with Crippen LogP contribution in [0.5, 0.6) is 17.2 Å². The van der Waals surface area contributed by atoms with Crippen molar-refractivity contribution >= 4 is 41.0 Å². The van der Waals surface area contributed by atoms with E-state index in [4.69, 9.17) is 37.4 Å². The molecule has 3 aromatic carbocycles. The van der Waals surface area contributed by atoms with Crippen LogP contribution in [0.25, 0.3) is 6.08 Å². The van der Waals surface area contributed by atoms with E-state index >= 15 is 0 Å². The number of esters is 1. The quantitative estimate of drug-likeness (QED) is 0.185. The first-order valence-corrected chi connectivity index (χ1v) is 9.90. The van der Waals surface area contributed by atoms with E-state index in [0.29, 0.717) is 32.7 Å². The number of benzene rings is 3. The SMILES string of the molecule is COc1cccc(OC)c1C(=O)Oc1ccc(C(=O)/C=C/c2c(Cl)cccc2Cl)cc1. The maximum atomic E-state index is 12.6.